The van der Waals surface area contributed by atoms with Crippen LogP contribution in [0.15, 0.2) is 24.3 Å². The molecule has 0 spiro atoms. The van der Waals surface area contributed by atoms with Gasteiger partial charge in [-0.25, -0.2) is 4.98 Å². The number of para-hydroxylation sites is 2. The Morgan fingerprint density at radius 1 is 1.32 bits per heavy atom. The van der Waals surface area contributed by atoms with Crippen molar-refractivity contribution in [1.82, 2.24) is 20.2 Å². The maximum atomic E-state index is 11.9. The fraction of sp³-hybridized carbons (Fsp3) is 0.429. The second kappa shape index (κ2) is 6.33. The van der Waals surface area contributed by atoms with E-state index in [2.05, 4.69) is 15.6 Å². The number of aryl methyl sites for hydroxylation is 1. The normalized spacial score (nSPS) is 10.8. The third-order valence-electron chi connectivity index (χ3n) is 3.07. The van der Waals surface area contributed by atoms with Gasteiger partial charge in [-0.05, 0) is 39.1 Å². The van der Waals surface area contributed by atoms with Crippen LogP contribution in [0, 0.1) is 6.92 Å². The number of amides is 1. The monoisotopic (exact) mass is 260 g/mol. The molecule has 19 heavy (non-hydrogen) atoms. The van der Waals surface area contributed by atoms with Crippen LogP contribution < -0.4 is 10.6 Å². The lowest BCUT2D eigenvalue weighted by Gasteiger charge is -2.08. The summed E-state index contributed by atoms with van der Waals surface area (Å²) in [5.41, 5.74) is 1.94. The van der Waals surface area contributed by atoms with Crippen LogP contribution in [-0.2, 0) is 11.3 Å². The first-order chi connectivity index (χ1) is 9.22. The van der Waals surface area contributed by atoms with Gasteiger partial charge in [0.1, 0.15) is 12.4 Å². The van der Waals surface area contributed by atoms with Gasteiger partial charge < -0.3 is 15.2 Å². The van der Waals surface area contributed by atoms with Crippen molar-refractivity contribution in [2.24, 2.45) is 0 Å². The van der Waals surface area contributed by atoms with Crippen molar-refractivity contribution in [3.63, 3.8) is 0 Å². The number of nitrogens with one attached hydrogen (secondary N) is 2. The zero-order valence-electron chi connectivity index (χ0n) is 11.4. The molecule has 0 aliphatic carbocycles. The maximum Gasteiger partial charge on any atom is 0.240 e. The summed E-state index contributed by atoms with van der Waals surface area (Å²) in [4.78, 5) is 16.3. The van der Waals surface area contributed by atoms with Gasteiger partial charge >= 0.3 is 0 Å². The molecule has 0 saturated heterocycles. The Morgan fingerprint density at radius 2 is 2.11 bits per heavy atom. The van der Waals surface area contributed by atoms with Crippen LogP contribution in [0.3, 0.4) is 0 Å². The van der Waals surface area contributed by atoms with Crippen LogP contribution in [0.2, 0.25) is 0 Å². The maximum absolute atomic E-state index is 11.9. The molecule has 0 radical (unpaired) electrons. The van der Waals surface area contributed by atoms with Crippen LogP contribution >= 0.6 is 0 Å². The van der Waals surface area contributed by atoms with Crippen LogP contribution in [-0.4, -0.2) is 35.6 Å². The molecule has 5 nitrogen and oxygen atoms in total. The molecule has 1 amide bonds. The van der Waals surface area contributed by atoms with Gasteiger partial charge in [0.05, 0.1) is 11.0 Å². The Hall–Kier alpha value is -1.88. The van der Waals surface area contributed by atoms with Gasteiger partial charge in [-0.15, -0.1) is 0 Å². The van der Waals surface area contributed by atoms with E-state index in [0.717, 1.165) is 29.8 Å². The number of hydrogen-bond donors (Lipinski definition) is 2. The largest absolute Gasteiger partial charge is 0.355 e. The lowest BCUT2D eigenvalue weighted by molar-refractivity contribution is -0.121. The summed E-state index contributed by atoms with van der Waals surface area (Å²) in [6, 6.07) is 7.87. The van der Waals surface area contributed by atoms with Crippen LogP contribution in [0.1, 0.15) is 12.2 Å². The second-order valence-electron chi connectivity index (χ2n) is 4.54. The number of benzene rings is 1. The minimum Gasteiger partial charge on any atom is -0.355 e. The molecule has 1 heterocycles. The zero-order valence-corrected chi connectivity index (χ0v) is 11.4. The molecule has 0 atom stereocenters. The molecule has 2 N–H and O–H groups in total. The summed E-state index contributed by atoms with van der Waals surface area (Å²) < 4.78 is 1.95. The van der Waals surface area contributed by atoms with Crippen molar-refractivity contribution in [3.05, 3.63) is 30.1 Å². The molecule has 2 rings (SSSR count). The molecule has 2 aromatic rings. The number of fused-ring (bicyclic) bond motifs is 1. The quantitative estimate of drug-likeness (QED) is 0.764. The van der Waals surface area contributed by atoms with E-state index in [1.54, 1.807) is 0 Å². The van der Waals surface area contributed by atoms with Gasteiger partial charge in [-0.2, -0.15) is 0 Å². The fourth-order valence-corrected chi connectivity index (χ4v) is 2.09. The van der Waals surface area contributed by atoms with Gasteiger partial charge in [0, 0.05) is 6.54 Å². The summed E-state index contributed by atoms with van der Waals surface area (Å²) in [5, 5.41) is 5.97. The third-order valence-corrected chi connectivity index (χ3v) is 3.07. The number of carbonyl (C=O) groups is 1. The molecule has 102 valence electrons. The summed E-state index contributed by atoms with van der Waals surface area (Å²) >= 11 is 0. The highest BCUT2D eigenvalue weighted by atomic mass is 16.1. The minimum atomic E-state index is 0.0300. The first-order valence-corrected chi connectivity index (χ1v) is 6.55. The van der Waals surface area contributed by atoms with E-state index in [1.165, 1.54) is 0 Å². The molecule has 0 bridgehead atoms. The van der Waals surface area contributed by atoms with Crippen molar-refractivity contribution >= 4 is 16.9 Å². The number of nitrogens with zero attached hydrogens (tertiary/aromatic N) is 2. The van der Waals surface area contributed by atoms with E-state index in [9.17, 15) is 4.79 Å². The molecular weight excluding hydrogens is 240 g/mol. The lowest BCUT2D eigenvalue weighted by atomic mass is 10.3. The number of rotatable bonds is 6. The highest BCUT2D eigenvalue weighted by molar-refractivity contribution is 5.81. The molecule has 0 unspecified atom stereocenters. The molecule has 1 aromatic carbocycles. The van der Waals surface area contributed by atoms with Crippen molar-refractivity contribution in [3.8, 4) is 0 Å². The average molecular weight is 260 g/mol. The topological polar surface area (TPSA) is 58.9 Å². The number of hydrogen-bond acceptors (Lipinski definition) is 3. The summed E-state index contributed by atoms with van der Waals surface area (Å²) in [6.07, 6.45) is 0.936. The van der Waals surface area contributed by atoms with Crippen LogP contribution in [0.25, 0.3) is 11.0 Å². The summed E-state index contributed by atoms with van der Waals surface area (Å²) in [6.45, 7) is 3.86. The van der Waals surface area contributed by atoms with Crippen molar-refractivity contribution < 1.29 is 4.79 Å². The fourth-order valence-electron chi connectivity index (χ4n) is 2.09. The van der Waals surface area contributed by atoms with E-state index < -0.39 is 0 Å². The zero-order chi connectivity index (χ0) is 13.7. The molecule has 1 aromatic heterocycles. The smallest absolute Gasteiger partial charge is 0.240 e. The van der Waals surface area contributed by atoms with Gasteiger partial charge in [0.25, 0.3) is 0 Å². The Balaban J connectivity index is 2.00. The van der Waals surface area contributed by atoms with Crippen molar-refractivity contribution in [2.75, 3.05) is 20.1 Å². The minimum absolute atomic E-state index is 0.0300. The predicted octanol–water partition coefficient (Wildman–Crippen LogP) is 1.07. The first-order valence-electron chi connectivity index (χ1n) is 6.55. The standard InChI is InChI=1S/C14H20N4O/c1-11-17-12-6-3-4-7-13(12)18(11)10-14(19)16-9-5-8-15-2/h3-4,6-7,15H,5,8-10H2,1-2H3,(H,16,19). The molecule has 0 saturated carbocycles. The van der Waals surface area contributed by atoms with E-state index in [1.807, 2.05) is 42.8 Å². The van der Waals surface area contributed by atoms with E-state index in [4.69, 9.17) is 0 Å². The van der Waals surface area contributed by atoms with Gasteiger partial charge in [0.15, 0.2) is 0 Å². The number of aromatic nitrogens is 2. The van der Waals surface area contributed by atoms with Crippen LogP contribution in [0.5, 0.6) is 0 Å². The Kier molecular flexibility index (Phi) is 4.52. The highest BCUT2D eigenvalue weighted by Gasteiger charge is 2.09. The predicted molar refractivity (Wildman–Crippen MR) is 76.0 cm³/mol. The lowest BCUT2D eigenvalue weighted by Crippen LogP contribution is -2.30. The molecular formula is C14H20N4O. The Morgan fingerprint density at radius 3 is 2.89 bits per heavy atom. The SMILES string of the molecule is CNCCCNC(=O)Cn1c(C)nc2ccccc21. The number of carbonyl (C=O) groups excluding carboxylic acids is 1. The van der Waals surface area contributed by atoms with E-state index in [0.29, 0.717) is 13.1 Å². The molecule has 5 heteroatoms. The van der Waals surface area contributed by atoms with Gasteiger partial charge in [-0.1, -0.05) is 12.1 Å². The van der Waals surface area contributed by atoms with E-state index >= 15 is 0 Å². The van der Waals surface area contributed by atoms with Crippen LogP contribution in [0.4, 0.5) is 0 Å². The van der Waals surface area contributed by atoms with E-state index in [-0.39, 0.29) is 5.91 Å². The molecule has 0 fully saturated rings. The number of imidazole rings is 1. The Bertz CT molecular complexity index is 562. The molecule has 0 aliphatic rings. The summed E-state index contributed by atoms with van der Waals surface area (Å²) in [7, 11) is 1.91. The van der Waals surface area contributed by atoms with Crippen molar-refractivity contribution in [1.29, 1.82) is 0 Å². The van der Waals surface area contributed by atoms with Crippen molar-refractivity contribution in [2.45, 2.75) is 19.9 Å². The second-order valence-corrected chi connectivity index (χ2v) is 4.54. The molecule has 0 aliphatic heterocycles. The Labute approximate surface area is 113 Å². The third kappa shape index (κ3) is 3.32. The first kappa shape index (κ1) is 13.5. The average Bonchev–Trinajstić information content (AvgIpc) is 2.72. The highest BCUT2D eigenvalue weighted by Crippen LogP contribution is 2.14. The summed E-state index contributed by atoms with van der Waals surface area (Å²) in [5.74, 6) is 0.897. The van der Waals surface area contributed by atoms with Gasteiger partial charge in [-0.3, -0.25) is 4.79 Å². The van der Waals surface area contributed by atoms with Gasteiger partial charge in [0.2, 0.25) is 5.91 Å².